The largest absolute Gasteiger partial charge is 0.493 e. The molecule has 10 nitrogen and oxygen atoms in total. The van der Waals surface area contributed by atoms with Gasteiger partial charge in [0.1, 0.15) is 17.3 Å². The average molecular weight is 621 g/mol. The highest BCUT2D eigenvalue weighted by Crippen LogP contribution is 2.37. The fraction of sp³-hybridized carbons (Fsp3) is 0.571. The van der Waals surface area contributed by atoms with E-state index in [0.29, 0.717) is 61.8 Å². The van der Waals surface area contributed by atoms with Crippen LogP contribution in [0.3, 0.4) is 0 Å². The third kappa shape index (κ3) is 6.97. The maximum atomic E-state index is 13.8. The topological polar surface area (TPSA) is 112 Å². The number of hydrogen-bond donors (Lipinski definition) is 2. The maximum absolute atomic E-state index is 13.8. The van der Waals surface area contributed by atoms with Crippen LogP contribution in [0, 0.1) is 5.92 Å². The van der Waals surface area contributed by atoms with Gasteiger partial charge in [0.15, 0.2) is 11.5 Å². The molecular formula is C35H48N4O6. The summed E-state index contributed by atoms with van der Waals surface area (Å²) in [7, 11) is 4.96. The second-order valence-corrected chi connectivity index (χ2v) is 12.9. The minimum Gasteiger partial charge on any atom is -0.493 e. The van der Waals surface area contributed by atoms with Crippen LogP contribution in [0.15, 0.2) is 42.5 Å². The van der Waals surface area contributed by atoms with Crippen molar-refractivity contribution in [2.24, 2.45) is 5.92 Å². The Bertz CT molecular complexity index is 1350. The Balaban J connectivity index is 1.21. The zero-order valence-corrected chi connectivity index (χ0v) is 27.1. The molecule has 1 spiro atoms. The van der Waals surface area contributed by atoms with Crippen molar-refractivity contribution in [1.29, 1.82) is 0 Å². The van der Waals surface area contributed by atoms with Crippen LogP contribution in [-0.2, 0) is 16.1 Å². The summed E-state index contributed by atoms with van der Waals surface area (Å²) in [5.41, 5.74) is 0.773. The molecule has 10 heteroatoms. The highest BCUT2D eigenvalue weighted by Gasteiger charge is 2.55. The van der Waals surface area contributed by atoms with Gasteiger partial charge in [-0.25, -0.2) is 0 Å². The monoisotopic (exact) mass is 620 g/mol. The van der Waals surface area contributed by atoms with Crippen molar-refractivity contribution in [3.63, 3.8) is 0 Å². The van der Waals surface area contributed by atoms with Crippen LogP contribution in [0.2, 0.25) is 0 Å². The van der Waals surface area contributed by atoms with Gasteiger partial charge in [-0.3, -0.25) is 19.3 Å². The number of aliphatic hydroxyl groups excluding tert-OH is 1. The number of benzene rings is 2. The summed E-state index contributed by atoms with van der Waals surface area (Å²) < 4.78 is 11.6. The number of likely N-dealkylation sites (tertiary alicyclic amines) is 1. The molecular weight excluding hydrogens is 572 g/mol. The predicted molar refractivity (Wildman–Crippen MR) is 171 cm³/mol. The molecule has 244 valence electrons. The molecule has 5 rings (SSSR count). The Kier molecular flexibility index (Phi) is 10.3. The molecule has 1 unspecified atom stereocenters. The molecule has 3 fully saturated rings. The van der Waals surface area contributed by atoms with E-state index < -0.39 is 17.7 Å². The highest BCUT2D eigenvalue weighted by molar-refractivity contribution is 6.00. The maximum Gasteiger partial charge on any atom is 0.253 e. The number of piperazine rings is 1. The summed E-state index contributed by atoms with van der Waals surface area (Å²) in [4.78, 5) is 45.5. The number of unbranched alkanes of at least 4 members (excludes halogenated alkanes) is 1. The number of nitrogens with zero attached hydrogens (tertiary/aromatic N) is 3. The van der Waals surface area contributed by atoms with Gasteiger partial charge in [-0.15, -0.1) is 0 Å². The van der Waals surface area contributed by atoms with E-state index in [4.69, 9.17) is 9.47 Å². The van der Waals surface area contributed by atoms with Gasteiger partial charge in [-0.1, -0.05) is 38.3 Å². The van der Waals surface area contributed by atoms with Crippen LogP contribution >= 0.6 is 0 Å². The molecule has 0 radical (unpaired) electrons. The number of nitrogens with one attached hydrogen (secondary N) is 1. The number of carbonyl (C=O) groups is 3. The lowest BCUT2D eigenvalue weighted by molar-refractivity contribution is -0.165. The van der Waals surface area contributed by atoms with Crippen molar-refractivity contribution in [2.45, 2.75) is 82.5 Å². The van der Waals surface area contributed by atoms with Crippen LogP contribution in [0.4, 0.5) is 0 Å². The van der Waals surface area contributed by atoms with E-state index in [2.05, 4.69) is 17.1 Å². The lowest BCUT2D eigenvalue weighted by Gasteiger charge is -2.52. The number of hydrogen-bond acceptors (Lipinski definition) is 7. The number of piperidine rings is 1. The fourth-order valence-electron chi connectivity index (χ4n) is 7.05. The van der Waals surface area contributed by atoms with Crippen LogP contribution in [0.25, 0.3) is 0 Å². The van der Waals surface area contributed by atoms with E-state index in [-0.39, 0.29) is 23.6 Å². The van der Waals surface area contributed by atoms with E-state index in [1.807, 2.05) is 29.2 Å². The second kappa shape index (κ2) is 14.2. The molecule has 2 heterocycles. The van der Waals surface area contributed by atoms with Gasteiger partial charge in [0, 0.05) is 45.8 Å². The van der Waals surface area contributed by atoms with Crippen LogP contribution in [0.5, 0.6) is 17.2 Å². The third-order valence-corrected chi connectivity index (χ3v) is 9.77. The SMILES string of the molecule is CCCCN1C(=O)[C@@H](C(O)C2CCCC2)NC(=O)C12CCN(Cc1ccc(Oc3ccc(C(=O)N(C)C)cc3OC)cc1)CC2. The molecule has 2 N–H and O–H groups in total. The third-order valence-electron chi connectivity index (χ3n) is 9.77. The number of methoxy groups -OCH3 is 1. The molecule has 3 aliphatic rings. The molecule has 45 heavy (non-hydrogen) atoms. The summed E-state index contributed by atoms with van der Waals surface area (Å²) in [5, 5.41) is 14.1. The summed E-state index contributed by atoms with van der Waals surface area (Å²) in [6.07, 6.45) is 6.00. The number of aliphatic hydroxyl groups is 1. The molecule has 2 atom stereocenters. The standard InChI is InChI=1S/C35H48N4O6/c1-5-6-19-39-33(42)30(31(40)25-9-7-8-10-25)36-34(43)35(39)17-20-38(21-18-35)23-24-11-14-27(15-12-24)45-28-16-13-26(22-29(28)44-4)32(41)37(2)3/h11-16,22,25,30-31,40H,5-10,17-21,23H2,1-4H3,(H,36,43)/t30-,31?/m1/s1. The Morgan fingerprint density at radius 2 is 1.76 bits per heavy atom. The van der Waals surface area contributed by atoms with Crippen molar-refractivity contribution >= 4 is 17.7 Å². The first kappa shape index (κ1) is 32.8. The first-order chi connectivity index (χ1) is 21.7. The zero-order valence-electron chi connectivity index (χ0n) is 27.1. The molecule has 0 bridgehead atoms. The van der Waals surface area contributed by atoms with Crippen LogP contribution in [0.1, 0.15) is 74.2 Å². The number of rotatable bonds is 11. The van der Waals surface area contributed by atoms with Crippen molar-refractivity contribution in [1.82, 2.24) is 20.0 Å². The Morgan fingerprint density at radius 1 is 1.07 bits per heavy atom. The quantitative estimate of drug-likeness (QED) is 0.387. The lowest BCUT2D eigenvalue weighted by atomic mass is 9.80. The van der Waals surface area contributed by atoms with E-state index in [1.54, 1.807) is 39.4 Å². The van der Waals surface area contributed by atoms with E-state index >= 15 is 0 Å². The lowest BCUT2D eigenvalue weighted by Crippen LogP contribution is -2.75. The Labute approximate surface area is 266 Å². The summed E-state index contributed by atoms with van der Waals surface area (Å²) in [5.74, 6) is 1.37. The molecule has 2 aromatic carbocycles. The minimum absolute atomic E-state index is 0.0706. The molecule has 2 aromatic rings. The fourth-order valence-corrected chi connectivity index (χ4v) is 7.05. The van der Waals surface area contributed by atoms with E-state index in [0.717, 1.165) is 44.1 Å². The number of amides is 3. The van der Waals surface area contributed by atoms with Gasteiger partial charge < -0.3 is 29.7 Å². The number of ether oxygens (including phenoxy) is 2. The van der Waals surface area contributed by atoms with E-state index in [9.17, 15) is 19.5 Å². The van der Waals surface area contributed by atoms with Gasteiger partial charge in [0.05, 0.1) is 13.2 Å². The van der Waals surface area contributed by atoms with Gasteiger partial charge in [0.25, 0.3) is 5.91 Å². The number of carbonyl (C=O) groups excluding carboxylic acids is 3. The van der Waals surface area contributed by atoms with Crippen LogP contribution < -0.4 is 14.8 Å². The second-order valence-electron chi connectivity index (χ2n) is 12.9. The minimum atomic E-state index is -0.863. The summed E-state index contributed by atoms with van der Waals surface area (Å²) in [6, 6.07) is 12.2. The van der Waals surface area contributed by atoms with Gasteiger partial charge in [-0.2, -0.15) is 0 Å². The first-order valence-electron chi connectivity index (χ1n) is 16.4. The Morgan fingerprint density at radius 3 is 2.38 bits per heavy atom. The van der Waals surface area contributed by atoms with Crippen molar-refractivity contribution < 1.29 is 29.0 Å². The molecule has 3 amide bonds. The summed E-state index contributed by atoms with van der Waals surface area (Å²) in [6.45, 7) is 4.72. The van der Waals surface area contributed by atoms with Gasteiger partial charge in [-0.05, 0) is 73.9 Å². The van der Waals surface area contributed by atoms with Gasteiger partial charge in [0.2, 0.25) is 11.8 Å². The smallest absolute Gasteiger partial charge is 0.253 e. The van der Waals surface area contributed by atoms with Gasteiger partial charge >= 0.3 is 0 Å². The first-order valence-corrected chi connectivity index (χ1v) is 16.4. The predicted octanol–water partition coefficient (Wildman–Crippen LogP) is 4.20. The van der Waals surface area contributed by atoms with Crippen molar-refractivity contribution in [3.8, 4) is 17.2 Å². The molecule has 2 aliphatic heterocycles. The highest BCUT2D eigenvalue weighted by atomic mass is 16.5. The van der Waals surface area contributed by atoms with Crippen LogP contribution in [-0.4, -0.2) is 96.1 Å². The Hall–Kier alpha value is -3.63. The molecule has 1 aliphatic carbocycles. The van der Waals surface area contributed by atoms with Crippen molar-refractivity contribution in [2.75, 3.05) is 40.8 Å². The summed E-state index contributed by atoms with van der Waals surface area (Å²) >= 11 is 0. The molecule has 1 saturated carbocycles. The molecule has 0 aromatic heterocycles. The van der Waals surface area contributed by atoms with Crippen molar-refractivity contribution in [3.05, 3.63) is 53.6 Å². The van der Waals surface area contributed by atoms with E-state index in [1.165, 1.54) is 4.90 Å². The normalized spacial score (nSPS) is 21.1. The average Bonchev–Trinajstić information content (AvgIpc) is 3.59. The molecule has 2 saturated heterocycles. The zero-order chi connectivity index (χ0) is 32.1.